The molecule has 1 rings (SSSR count). The summed E-state index contributed by atoms with van der Waals surface area (Å²) in [7, 11) is 5.02. The molecule has 17 heavy (non-hydrogen) atoms. The van der Waals surface area contributed by atoms with Crippen LogP contribution in [0.5, 0.6) is 0 Å². The van der Waals surface area contributed by atoms with Gasteiger partial charge in [-0.25, -0.2) is 0 Å². The number of nitrogens with zero attached hydrogens (tertiary/aromatic N) is 2. The van der Waals surface area contributed by atoms with Crippen molar-refractivity contribution in [2.24, 2.45) is 7.05 Å². The monoisotopic (exact) mass is 248 g/mol. The summed E-state index contributed by atoms with van der Waals surface area (Å²) in [5.74, 6) is 0. The van der Waals surface area contributed by atoms with E-state index in [4.69, 9.17) is 0 Å². The van der Waals surface area contributed by atoms with Gasteiger partial charge < -0.3 is 9.47 Å². The predicted molar refractivity (Wildman–Crippen MR) is 58.9 cm³/mol. The minimum absolute atomic E-state index is 0.147. The van der Waals surface area contributed by atoms with E-state index in [1.54, 1.807) is 19.0 Å². The number of aryl methyl sites for hydroxylation is 1. The standard InChI is InChI=1S/C11H15F3N2O/c1-15(2)5-4-8-7-16(3)10(17)6-9(8)11(12,13)14/h6-7H,4-5H2,1-3H3. The number of aromatic nitrogens is 1. The Balaban J connectivity index is 3.17. The zero-order valence-electron chi connectivity index (χ0n) is 10.0. The molecule has 0 amide bonds. The number of rotatable bonds is 3. The average Bonchev–Trinajstić information content (AvgIpc) is 2.17. The summed E-state index contributed by atoms with van der Waals surface area (Å²) in [6.45, 7) is 0.501. The van der Waals surface area contributed by atoms with Crippen molar-refractivity contribution < 1.29 is 13.2 Å². The molecule has 0 spiro atoms. The van der Waals surface area contributed by atoms with Crippen LogP contribution in [0.4, 0.5) is 13.2 Å². The molecule has 0 aromatic carbocycles. The van der Waals surface area contributed by atoms with E-state index >= 15 is 0 Å². The first-order valence-corrected chi connectivity index (χ1v) is 5.13. The topological polar surface area (TPSA) is 25.2 Å². The van der Waals surface area contributed by atoms with Gasteiger partial charge in [-0.15, -0.1) is 0 Å². The Bertz CT molecular complexity index is 449. The summed E-state index contributed by atoms with van der Waals surface area (Å²) in [6, 6.07) is 0.658. The molecule has 0 N–H and O–H groups in total. The number of likely N-dealkylation sites (N-methyl/N-ethyl adjacent to an activating group) is 1. The lowest BCUT2D eigenvalue weighted by Crippen LogP contribution is -2.24. The van der Waals surface area contributed by atoms with E-state index in [9.17, 15) is 18.0 Å². The summed E-state index contributed by atoms with van der Waals surface area (Å²) in [4.78, 5) is 13.0. The van der Waals surface area contributed by atoms with E-state index in [0.29, 0.717) is 12.6 Å². The van der Waals surface area contributed by atoms with Gasteiger partial charge in [0.05, 0.1) is 5.56 Å². The average molecular weight is 248 g/mol. The smallest absolute Gasteiger partial charge is 0.318 e. The lowest BCUT2D eigenvalue weighted by molar-refractivity contribution is -0.138. The Kier molecular flexibility index (Phi) is 3.98. The van der Waals surface area contributed by atoms with Crippen molar-refractivity contribution in [2.45, 2.75) is 12.6 Å². The van der Waals surface area contributed by atoms with Crippen molar-refractivity contribution in [3.63, 3.8) is 0 Å². The molecule has 0 aliphatic rings. The van der Waals surface area contributed by atoms with Gasteiger partial charge in [0, 0.05) is 25.9 Å². The third-order valence-corrected chi connectivity index (χ3v) is 2.44. The summed E-state index contributed by atoms with van der Waals surface area (Å²) >= 11 is 0. The quantitative estimate of drug-likeness (QED) is 0.810. The van der Waals surface area contributed by atoms with Gasteiger partial charge in [-0.1, -0.05) is 0 Å². The minimum atomic E-state index is -4.48. The van der Waals surface area contributed by atoms with Gasteiger partial charge in [0.15, 0.2) is 0 Å². The van der Waals surface area contributed by atoms with Gasteiger partial charge in [-0.3, -0.25) is 4.79 Å². The van der Waals surface area contributed by atoms with E-state index < -0.39 is 17.3 Å². The minimum Gasteiger partial charge on any atom is -0.318 e. The molecule has 0 saturated carbocycles. The fraction of sp³-hybridized carbons (Fsp3) is 0.545. The largest absolute Gasteiger partial charge is 0.416 e. The van der Waals surface area contributed by atoms with Crippen LogP contribution in [-0.4, -0.2) is 30.1 Å². The van der Waals surface area contributed by atoms with Crippen LogP contribution in [0, 0.1) is 0 Å². The molecule has 0 radical (unpaired) electrons. The molecule has 96 valence electrons. The zero-order chi connectivity index (χ0) is 13.2. The van der Waals surface area contributed by atoms with Crippen molar-refractivity contribution in [1.29, 1.82) is 0 Å². The van der Waals surface area contributed by atoms with Crippen LogP contribution >= 0.6 is 0 Å². The third kappa shape index (κ3) is 3.59. The first kappa shape index (κ1) is 13.8. The normalized spacial score (nSPS) is 12.2. The second kappa shape index (κ2) is 4.91. The number of hydrogen-bond donors (Lipinski definition) is 0. The molecule has 1 aromatic rings. The SMILES string of the molecule is CN(C)CCc1cn(C)c(=O)cc1C(F)(F)F. The Morgan fingerprint density at radius 2 is 1.94 bits per heavy atom. The molecule has 0 fully saturated rings. The molecule has 0 bridgehead atoms. The van der Waals surface area contributed by atoms with Crippen molar-refractivity contribution in [2.75, 3.05) is 20.6 Å². The van der Waals surface area contributed by atoms with Crippen LogP contribution in [0.3, 0.4) is 0 Å². The Hall–Kier alpha value is -1.30. The zero-order valence-corrected chi connectivity index (χ0v) is 10.0. The molecule has 0 saturated heterocycles. The molecule has 1 aromatic heterocycles. The fourth-order valence-corrected chi connectivity index (χ4v) is 1.49. The Morgan fingerprint density at radius 1 is 1.35 bits per heavy atom. The molecule has 0 unspecified atom stereocenters. The van der Waals surface area contributed by atoms with Gasteiger partial charge in [0.25, 0.3) is 5.56 Å². The summed E-state index contributed by atoms with van der Waals surface area (Å²) in [5, 5.41) is 0. The molecule has 0 atom stereocenters. The van der Waals surface area contributed by atoms with Crippen LogP contribution in [-0.2, 0) is 19.6 Å². The molecule has 0 aliphatic carbocycles. The van der Waals surface area contributed by atoms with Gasteiger partial charge in [-0.2, -0.15) is 13.2 Å². The van der Waals surface area contributed by atoms with Gasteiger partial charge in [-0.05, 0) is 26.1 Å². The second-order valence-electron chi connectivity index (χ2n) is 4.21. The van der Waals surface area contributed by atoms with Crippen molar-refractivity contribution in [1.82, 2.24) is 9.47 Å². The van der Waals surface area contributed by atoms with E-state index in [1.165, 1.54) is 17.8 Å². The second-order valence-corrected chi connectivity index (χ2v) is 4.21. The van der Waals surface area contributed by atoms with Crippen molar-refractivity contribution in [3.05, 3.63) is 33.7 Å². The lowest BCUT2D eigenvalue weighted by Gasteiger charge is -2.15. The van der Waals surface area contributed by atoms with E-state index in [0.717, 1.165) is 0 Å². The van der Waals surface area contributed by atoms with Gasteiger partial charge in [0.1, 0.15) is 0 Å². The number of alkyl halides is 3. The predicted octanol–water partition coefficient (Wildman–Crippen LogP) is 1.51. The number of pyridine rings is 1. The highest BCUT2D eigenvalue weighted by Crippen LogP contribution is 2.31. The summed E-state index contributed by atoms with van der Waals surface area (Å²) < 4.78 is 39.3. The molecule has 1 heterocycles. The number of hydrogen-bond acceptors (Lipinski definition) is 2. The molecule has 3 nitrogen and oxygen atoms in total. The molecular formula is C11H15F3N2O. The van der Waals surface area contributed by atoms with Crippen molar-refractivity contribution in [3.8, 4) is 0 Å². The highest BCUT2D eigenvalue weighted by molar-refractivity contribution is 5.27. The maximum Gasteiger partial charge on any atom is 0.416 e. The maximum atomic E-state index is 12.7. The highest BCUT2D eigenvalue weighted by Gasteiger charge is 2.33. The third-order valence-electron chi connectivity index (χ3n) is 2.44. The molecular weight excluding hydrogens is 233 g/mol. The van der Waals surface area contributed by atoms with Crippen LogP contribution in [0.25, 0.3) is 0 Å². The first-order chi connectivity index (χ1) is 7.71. The van der Waals surface area contributed by atoms with Crippen LogP contribution in [0.15, 0.2) is 17.1 Å². The van der Waals surface area contributed by atoms with Gasteiger partial charge >= 0.3 is 6.18 Å². The summed E-state index contributed by atoms with van der Waals surface area (Å²) in [5.41, 5.74) is -1.33. The highest BCUT2D eigenvalue weighted by atomic mass is 19.4. The Labute approximate surface area is 97.5 Å². The van der Waals surface area contributed by atoms with E-state index in [1.807, 2.05) is 0 Å². The van der Waals surface area contributed by atoms with Crippen LogP contribution in [0.2, 0.25) is 0 Å². The maximum absolute atomic E-state index is 12.7. The van der Waals surface area contributed by atoms with Crippen LogP contribution in [0.1, 0.15) is 11.1 Å². The Morgan fingerprint density at radius 3 is 2.41 bits per heavy atom. The number of halogens is 3. The molecule has 0 aliphatic heterocycles. The van der Waals surface area contributed by atoms with Crippen LogP contribution < -0.4 is 5.56 Å². The lowest BCUT2D eigenvalue weighted by atomic mass is 10.1. The van der Waals surface area contributed by atoms with Gasteiger partial charge in [0.2, 0.25) is 0 Å². The molecule has 6 heteroatoms. The first-order valence-electron chi connectivity index (χ1n) is 5.13. The fourth-order valence-electron chi connectivity index (χ4n) is 1.49. The van der Waals surface area contributed by atoms with Crippen molar-refractivity contribution >= 4 is 0 Å². The summed E-state index contributed by atoms with van der Waals surface area (Å²) in [6.07, 6.45) is -2.96. The van der Waals surface area contributed by atoms with E-state index in [-0.39, 0.29) is 12.0 Å². The van der Waals surface area contributed by atoms with E-state index in [2.05, 4.69) is 0 Å².